The highest BCUT2D eigenvalue weighted by atomic mass is 35.5. The largest absolute Gasteiger partial charge is 0.471 e. The number of benzene rings is 2. The lowest BCUT2D eigenvalue weighted by atomic mass is 10.0. The normalized spacial score (nSPS) is 15.6. The van der Waals surface area contributed by atoms with Gasteiger partial charge in [-0.05, 0) is 72.5 Å². The number of alkyl halides is 6. The maximum atomic E-state index is 12.1. The third-order valence-corrected chi connectivity index (χ3v) is 5.78. The summed E-state index contributed by atoms with van der Waals surface area (Å²) in [6.45, 7) is 2.72. The molecule has 0 radical (unpaired) electrons. The summed E-state index contributed by atoms with van der Waals surface area (Å²) < 4.78 is 72.5. The van der Waals surface area contributed by atoms with Crippen LogP contribution in [0.5, 0.6) is 0 Å². The number of fused-ring (bicyclic) bond motifs is 2. The Kier molecular flexibility index (Phi) is 12.4. The minimum atomic E-state index is -4.86. The number of hydrogen-bond donors (Lipinski definition) is 2. The van der Waals surface area contributed by atoms with Crippen LogP contribution in [0.4, 0.5) is 26.3 Å². The Morgan fingerprint density at radius 1 is 0.700 bits per heavy atom. The number of carbonyl (C=O) groups is 4. The minimum absolute atomic E-state index is 0. The van der Waals surface area contributed by atoms with Gasteiger partial charge in [-0.3, -0.25) is 19.2 Å². The zero-order valence-corrected chi connectivity index (χ0v) is 21.6. The number of carbonyl (C=O) groups excluding carboxylic acids is 4. The van der Waals surface area contributed by atoms with Gasteiger partial charge < -0.3 is 10.6 Å². The molecular formula is C27H29ClF6N2O4. The molecule has 0 saturated carbocycles. The molecule has 2 aromatic rings. The molecule has 1 atom stereocenters. The summed E-state index contributed by atoms with van der Waals surface area (Å²) in [4.78, 5) is 42.0. The molecule has 0 heterocycles. The summed E-state index contributed by atoms with van der Waals surface area (Å²) in [6, 6.07) is 11.5. The third-order valence-electron chi connectivity index (χ3n) is 5.78. The molecule has 13 heteroatoms. The van der Waals surface area contributed by atoms with Crippen LogP contribution in [0.25, 0.3) is 0 Å². The average molecular weight is 595 g/mol. The number of halogens is 7. The molecule has 2 aromatic carbocycles. The topological polar surface area (TPSA) is 92.3 Å². The molecule has 1 unspecified atom stereocenters. The van der Waals surface area contributed by atoms with Gasteiger partial charge in [0, 0.05) is 24.6 Å². The quantitative estimate of drug-likeness (QED) is 0.288. The number of hydrogen-bond acceptors (Lipinski definition) is 4. The molecule has 0 bridgehead atoms. The van der Waals surface area contributed by atoms with Crippen molar-refractivity contribution in [2.75, 3.05) is 0 Å². The number of rotatable bonds is 3. The van der Waals surface area contributed by atoms with E-state index in [-0.39, 0.29) is 18.5 Å². The molecule has 0 saturated heterocycles. The van der Waals surface area contributed by atoms with Crippen molar-refractivity contribution in [1.29, 1.82) is 0 Å². The van der Waals surface area contributed by atoms with Crippen LogP contribution in [0.15, 0.2) is 42.5 Å². The highest BCUT2D eigenvalue weighted by molar-refractivity contribution is 6.62. The van der Waals surface area contributed by atoms with Gasteiger partial charge in [-0.1, -0.05) is 43.8 Å². The summed E-state index contributed by atoms with van der Waals surface area (Å²) in [6.07, 6.45) is -8.04. The van der Waals surface area contributed by atoms with Gasteiger partial charge in [-0.15, -0.1) is 0 Å². The summed E-state index contributed by atoms with van der Waals surface area (Å²) in [5.74, 6) is -3.87. The lowest BCUT2D eigenvalue weighted by Gasteiger charge is -2.13. The number of Topliss-reactive ketones (excluding diaryl/α,β-unsaturated/α-hetero) is 1. The van der Waals surface area contributed by atoms with Gasteiger partial charge in [0.25, 0.3) is 0 Å². The van der Waals surface area contributed by atoms with E-state index >= 15 is 0 Å². The molecule has 0 spiro atoms. The fourth-order valence-corrected chi connectivity index (χ4v) is 4.13. The second-order valence-electron chi connectivity index (χ2n) is 8.93. The summed E-state index contributed by atoms with van der Waals surface area (Å²) in [5.41, 5.74) is 4.24. The molecule has 0 fully saturated rings. The molecule has 2 aliphatic carbocycles. The summed E-state index contributed by atoms with van der Waals surface area (Å²) in [5, 5.41) is 3.61. The van der Waals surface area contributed by atoms with Crippen molar-refractivity contribution < 1.29 is 45.5 Å². The molecule has 4 rings (SSSR count). The molecule has 2 aliphatic rings. The number of nitrogens with one attached hydrogen (secondary N) is 2. The first-order valence-corrected chi connectivity index (χ1v) is 12.0. The van der Waals surface area contributed by atoms with E-state index in [1.165, 1.54) is 13.8 Å². The first-order chi connectivity index (χ1) is 18.0. The van der Waals surface area contributed by atoms with Crippen molar-refractivity contribution >= 4 is 34.4 Å². The van der Waals surface area contributed by atoms with Crippen molar-refractivity contribution in [2.24, 2.45) is 0 Å². The molecule has 220 valence electrons. The van der Waals surface area contributed by atoms with Crippen molar-refractivity contribution in [2.45, 2.75) is 71.4 Å². The Hall–Kier alpha value is -3.41. The average Bonchev–Trinajstić information content (AvgIpc) is 3.39. The molecule has 6 nitrogen and oxygen atoms in total. The van der Waals surface area contributed by atoms with E-state index in [1.807, 2.05) is 34.9 Å². The zero-order valence-electron chi connectivity index (χ0n) is 20.8. The van der Waals surface area contributed by atoms with Gasteiger partial charge in [-0.2, -0.15) is 26.3 Å². The first kappa shape index (κ1) is 34.6. The second-order valence-corrected chi connectivity index (χ2v) is 9.46. The first-order valence-electron chi connectivity index (χ1n) is 11.6. The third kappa shape index (κ3) is 10.6. The fourth-order valence-electron chi connectivity index (χ4n) is 4.13. The predicted octanol–water partition coefficient (Wildman–Crippen LogP) is 5.28. The van der Waals surface area contributed by atoms with Crippen LogP contribution >= 0.6 is 11.6 Å². The Balaban J connectivity index is 0.000000349. The monoisotopic (exact) mass is 594 g/mol. The van der Waals surface area contributed by atoms with E-state index in [2.05, 4.69) is 11.6 Å². The van der Waals surface area contributed by atoms with Crippen LogP contribution in [0.2, 0.25) is 0 Å². The Labute approximate surface area is 232 Å². The van der Waals surface area contributed by atoms with Crippen LogP contribution < -0.4 is 10.6 Å². The second kappa shape index (κ2) is 14.3. The van der Waals surface area contributed by atoms with Gasteiger partial charge in [0.2, 0.25) is 5.24 Å². The van der Waals surface area contributed by atoms with E-state index in [0.717, 1.165) is 22.3 Å². The maximum Gasteiger partial charge on any atom is 0.471 e. The Morgan fingerprint density at radius 3 is 1.40 bits per heavy atom. The Bertz CT molecular complexity index is 1200. The van der Waals surface area contributed by atoms with E-state index in [0.29, 0.717) is 31.2 Å². The molecule has 2 N–H and O–H groups in total. The van der Waals surface area contributed by atoms with E-state index < -0.39 is 36.3 Å². The van der Waals surface area contributed by atoms with Crippen molar-refractivity contribution in [3.63, 3.8) is 0 Å². The molecule has 2 amide bonds. The Morgan fingerprint density at radius 2 is 1.05 bits per heavy atom. The highest BCUT2D eigenvalue weighted by Crippen LogP contribution is 2.25. The zero-order chi connectivity index (χ0) is 29.5. The van der Waals surface area contributed by atoms with Crippen LogP contribution in [0.3, 0.4) is 0 Å². The number of amides is 2. The number of ketones is 1. The smallest absolute Gasteiger partial charge is 0.345 e. The van der Waals surface area contributed by atoms with Crippen molar-refractivity contribution in [3.05, 3.63) is 70.3 Å². The van der Waals surface area contributed by atoms with Gasteiger partial charge >= 0.3 is 24.2 Å². The van der Waals surface area contributed by atoms with E-state index in [1.54, 1.807) is 18.2 Å². The summed E-state index contributed by atoms with van der Waals surface area (Å²) >= 11 is 4.64. The highest BCUT2D eigenvalue weighted by Gasteiger charge is 2.41. The molecule has 0 aliphatic heterocycles. The molecule has 0 aromatic heterocycles. The van der Waals surface area contributed by atoms with E-state index in [4.69, 9.17) is 0 Å². The maximum absolute atomic E-state index is 12.1. The van der Waals surface area contributed by atoms with Crippen LogP contribution in [0, 0.1) is 0 Å². The molecular weight excluding hydrogens is 566 g/mol. The fraction of sp³-hybridized carbons (Fsp3) is 0.407. The van der Waals surface area contributed by atoms with Gasteiger partial charge in [0.15, 0.2) is 5.78 Å². The van der Waals surface area contributed by atoms with Crippen LogP contribution in [0.1, 0.15) is 53.9 Å². The SMILES string of the molecule is C.CC(=O)Cl.CC(=O)c1ccc2c(c1)CC(NC(=O)C(F)(F)F)C2.O=C(NC1Cc2ccccc2C1)C(F)(F)F. The van der Waals surface area contributed by atoms with E-state index in [9.17, 15) is 45.5 Å². The summed E-state index contributed by atoms with van der Waals surface area (Å²) in [7, 11) is 0. The lowest BCUT2D eigenvalue weighted by molar-refractivity contribution is -0.174. The standard InChI is InChI=1S/C13H12F3NO2.C11H10F3NO.C2H3ClO.CH4/c1-7(18)8-2-3-9-5-11(6-10(9)4-8)17-12(19)13(14,15)16;12-11(13,14)10(16)15-9-5-7-3-1-2-4-8(7)6-9;1-2(3)4;/h2-4,11H,5-6H2,1H3,(H,17,19);1-4,9H,5-6H2,(H,15,16);1H3;1H4. The van der Waals surface area contributed by atoms with Crippen LogP contribution in [-0.4, -0.2) is 47.3 Å². The van der Waals surface area contributed by atoms with Crippen LogP contribution in [-0.2, 0) is 40.1 Å². The minimum Gasteiger partial charge on any atom is -0.345 e. The predicted molar refractivity (Wildman–Crippen MR) is 137 cm³/mol. The van der Waals surface area contributed by atoms with Gasteiger partial charge in [0.05, 0.1) is 0 Å². The van der Waals surface area contributed by atoms with Gasteiger partial charge in [-0.25, -0.2) is 0 Å². The lowest BCUT2D eigenvalue weighted by Crippen LogP contribution is -2.43. The molecule has 40 heavy (non-hydrogen) atoms. The van der Waals surface area contributed by atoms with Crippen molar-refractivity contribution in [3.8, 4) is 0 Å². The van der Waals surface area contributed by atoms with Gasteiger partial charge in [0.1, 0.15) is 0 Å². The van der Waals surface area contributed by atoms with Crippen molar-refractivity contribution in [1.82, 2.24) is 10.6 Å².